The lowest BCUT2D eigenvalue weighted by Crippen LogP contribution is -2.30. The lowest BCUT2D eigenvalue weighted by atomic mass is 9.97. The number of piperidine rings is 1. The van der Waals surface area contributed by atoms with Crippen molar-refractivity contribution in [1.82, 2.24) is 5.32 Å². The van der Waals surface area contributed by atoms with Crippen molar-refractivity contribution in [3.05, 3.63) is 34.9 Å². The number of rotatable bonds is 5. The lowest BCUT2D eigenvalue weighted by molar-refractivity contribution is 0.103. The molecule has 0 aromatic heterocycles. The maximum absolute atomic E-state index is 5.83. The molecule has 17 heavy (non-hydrogen) atoms. The first-order valence-electron chi connectivity index (χ1n) is 6.37. The Morgan fingerprint density at radius 3 is 2.82 bits per heavy atom. The highest BCUT2D eigenvalue weighted by Crippen LogP contribution is 2.15. The van der Waals surface area contributed by atoms with Crippen LogP contribution in [0.1, 0.15) is 24.8 Å². The minimum absolute atomic E-state index is 0.692. The second kappa shape index (κ2) is 7.00. The van der Waals surface area contributed by atoms with E-state index in [9.17, 15) is 0 Å². The Labute approximate surface area is 108 Å². The van der Waals surface area contributed by atoms with Crippen molar-refractivity contribution in [3.8, 4) is 0 Å². The van der Waals surface area contributed by atoms with Gasteiger partial charge in [-0.3, -0.25) is 0 Å². The highest BCUT2D eigenvalue weighted by atomic mass is 35.5. The molecule has 0 radical (unpaired) electrons. The van der Waals surface area contributed by atoms with E-state index in [2.05, 4.69) is 5.32 Å². The fourth-order valence-corrected chi connectivity index (χ4v) is 2.32. The van der Waals surface area contributed by atoms with Gasteiger partial charge < -0.3 is 10.1 Å². The molecule has 2 nitrogen and oxygen atoms in total. The average Bonchev–Trinajstić information content (AvgIpc) is 2.38. The molecule has 0 bridgehead atoms. The first-order valence-corrected chi connectivity index (χ1v) is 6.75. The molecule has 94 valence electrons. The standard InChI is InChI=1S/C14H20ClNO/c15-14-5-3-13(4-6-14)11-17-9-7-12-2-1-8-16-10-12/h3-6,12,16H,1-2,7-11H2/t12-/m1/s1. The third kappa shape index (κ3) is 4.66. The van der Waals surface area contributed by atoms with E-state index in [1.54, 1.807) is 0 Å². The van der Waals surface area contributed by atoms with Gasteiger partial charge in [-0.1, -0.05) is 23.7 Å². The number of nitrogens with one attached hydrogen (secondary N) is 1. The minimum Gasteiger partial charge on any atom is -0.377 e. The van der Waals surface area contributed by atoms with Crippen molar-refractivity contribution in [2.45, 2.75) is 25.9 Å². The molecular weight excluding hydrogens is 234 g/mol. The predicted molar refractivity (Wildman–Crippen MR) is 71.3 cm³/mol. The fourth-order valence-electron chi connectivity index (χ4n) is 2.19. The van der Waals surface area contributed by atoms with Crippen LogP contribution in [0.25, 0.3) is 0 Å². The topological polar surface area (TPSA) is 21.3 Å². The number of halogens is 1. The van der Waals surface area contributed by atoms with E-state index in [-0.39, 0.29) is 0 Å². The Balaban J connectivity index is 1.60. The van der Waals surface area contributed by atoms with Crippen LogP contribution in [0.2, 0.25) is 5.02 Å². The first-order chi connectivity index (χ1) is 8.34. The van der Waals surface area contributed by atoms with E-state index in [1.807, 2.05) is 24.3 Å². The molecule has 1 fully saturated rings. The molecule has 0 aliphatic carbocycles. The minimum atomic E-state index is 0.692. The second-order valence-electron chi connectivity index (χ2n) is 4.68. The van der Waals surface area contributed by atoms with Crippen LogP contribution in [-0.2, 0) is 11.3 Å². The van der Waals surface area contributed by atoms with Crippen LogP contribution in [0.3, 0.4) is 0 Å². The van der Waals surface area contributed by atoms with E-state index in [4.69, 9.17) is 16.3 Å². The molecule has 1 aliphatic heterocycles. The zero-order valence-electron chi connectivity index (χ0n) is 10.1. The van der Waals surface area contributed by atoms with Crippen molar-refractivity contribution in [2.24, 2.45) is 5.92 Å². The molecule has 0 spiro atoms. The van der Waals surface area contributed by atoms with Crippen LogP contribution in [-0.4, -0.2) is 19.7 Å². The van der Waals surface area contributed by atoms with Crippen molar-refractivity contribution in [1.29, 1.82) is 0 Å². The van der Waals surface area contributed by atoms with Crippen molar-refractivity contribution in [3.63, 3.8) is 0 Å². The molecule has 0 saturated carbocycles. The largest absolute Gasteiger partial charge is 0.377 e. The Kier molecular flexibility index (Phi) is 5.30. The molecule has 1 aromatic rings. The Bertz CT molecular complexity index is 319. The molecule has 1 N–H and O–H groups in total. The molecule has 1 saturated heterocycles. The summed E-state index contributed by atoms with van der Waals surface area (Å²) in [6.45, 7) is 3.89. The quantitative estimate of drug-likeness (QED) is 0.814. The number of hydrogen-bond donors (Lipinski definition) is 1. The van der Waals surface area contributed by atoms with Gasteiger partial charge in [0.15, 0.2) is 0 Å². The van der Waals surface area contributed by atoms with Gasteiger partial charge >= 0.3 is 0 Å². The Hall–Kier alpha value is -0.570. The summed E-state index contributed by atoms with van der Waals surface area (Å²) in [6.07, 6.45) is 3.82. The highest BCUT2D eigenvalue weighted by Gasteiger charge is 2.12. The molecule has 1 atom stereocenters. The van der Waals surface area contributed by atoms with Gasteiger partial charge in [-0.2, -0.15) is 0 Å². The average molecular weight is 254 g/mol. The van der Waals surface area contributed by atoms with Crippen LogP contribution in [0, 0.1) is 5.92 Å². The first kappa shape index (κ1) is 12.9. The maximum atomic E-state index is 5.83. The van der Waals surface area contributed by atoms with E-state index in [0.29, 0.717) is 6.61 Å². The third-order valence-electron chi connectivity index (χ3n) is 3.25. The van der Waals surface area contributed by atoms with Crippen LogP contribution < -0.4 is 5.32 Å². The molecule has 1 aliphatic rings. The molecule has 0 amide bonds. The number of ether oxygens (including phenoxy) is 1. The van der Waals surface area contributed by atoms with Gasteiger partial charge in [0.1, 0.15) is 0 Å². The molecule has 1 aromatic carbocycles. The van der Waals surface area contributed by atoms with Gasteiger partial charge in [-0.05, 0) is 56.0 Å². The summed E-state index contributed by atoms with van der Waals surface area (Å²) >= 11 is 5.83. The summed E-state index contributed by atoms with van der Waals surface area (Å²) in [4.78, 5) is 0. The van der Waals surface area contributed by atoms with Crippen LogP contribution in [0.4, 0.5) is 0 Å². The van der Waals surface area contributed by atoms with Crippen molar-refractivity contribution in [2.75, 3.05) is 19.7 Å². The Morgan fingerprint density at radius 1 is 1.29 bits per heavy atom. The summed E-state index contributed by atoms with van der Waals surface area (Å²) < 4.78 is 5.69. The van der Waals surface area contributed by atoms with Crippen molar-refractivity contribution < 1.29 is 4.74 Å². The molecule has 2 rings (SSSR count). The SMILES string of the molecule is Clc1ccc(COCC[C@H]2CCCNC2)cc1. The maximum Gasteiger partial charge on any atom is 0.0716 e. The van der Waals surface area contributed by atoms with E-state index in [0.717, 1.165) is 24.1 Å². The van der Waals surface area contributed by atoms with Crippen LogP contribution in [0.15, 0.2) is 24.3 Å². The summed E-state index contributed by atoms with van der Waals surface area (Å²) in [5.41, 5.74) is 1.19. The monoisotopic (exact) mass is 253 g/mol. The van der Waals surface area contributed by atoms with E-state index < -0.39 is 0 Å². The van der Waals surface area contributed by atoms with Gasteiger partial charge in [-0.25, -0.2) is 0 Å². The Morgan fingerprint density at radius 2 is 2.12 bits per heavy atom. The summed E-state index contributed by atoms with van der Waals surface area (Å²) in [7, 11) is 0. The van der Waals surface area contributed by atoms with E-state index in [1.165, 1.54) is 31.4 Å². The van der Waals surface area contributed by atoms with E-state index >= 15 is 0 Å². The highest BCUT2D eigenvalue weighted by molar-refractivity contribution is 6.30. The molecule has 1 heterocycles. The smallest absolute Gasteiger partial charge is 0.0716 e. The normalized spacial score (nSPS) is 20.4. The fraction of sp³-hybridized carbons (Fsp3) is 0.571. The molecule has 0 unspecified atom stereocenters. The van der Waals surface area contributed by atoms with Gasteiger partial charge in [0, 0.05) is 11.6 Å². The second-order valence-corrected chi connectivity index (χ2v) is 5.12. The summed E-state index contributed by atoms with van der Waals surface area (Å²) in [5.74, 6) is 0.800. The zero-order valence-corrected chi connectivity index (χ0v) is 10.9. The number of hydrogen-bond acceptors (Lipinski definition) is 2. The lowest BCUT2D eigenvalue weighted by Gasteiger charge is -2.22. The summed E-state index contributed by atoms with van der Waals surface area (Å²) in [6, 6.07) is 7.85. The zero-order chi connectivity index (χ0) is 11.9. The van der Waals surface area contributed by atoms with Gasteiger partial charge in [0.2, 0.25) is 0 Å². The molecule has 3 heteroatoms. The van der Waals surface area contributed by atoms with Gasteiger partial charge in [0.05, 0.1) is 6.61 Å². The van der Waals surface area contributed by atoms with Crippen LogP contribution >= 0.6 is 11.6 Å². The summed E-state index contributed by atoms with van der Waals surface area (Å²) in [5, 5.41) is 4.21. The van der Waals surface area contributed by atoms with Gasteiger partial charge in [0.25, 0.3) is 0 Å². The predicted octanol–water partition coefficient (Wildman–Crippen LogP) is 3.25. The van der Waals surface area contributed by atoms with Crippen molar-refractivity contribution >= 4 is 11.6 Å². The number of benzene rings is 1. The van der Waals surface area contributed by atoms with Gasteiger partial charge in [-0.15, -0.1) is 0 Å². The third-order valence-corrected chi connectivity index (χ3v) is 3.50. The molecular formula is C14H20ClNO. The van der Waals surface area contributed by atoms with Crippen LogP contribution in [0.5, 0.6) is 0 Å².